The summed E-state index contributed by atoms with van der Waals surface area (Å²) in [5.41, 5.74) is 0. The molecule has 0 aromatic heterocycles. The number of urea groups is 1. The highest BCUT2D eigenvalue weighted by atomic mass is 16.4. The number of carbonyl (C=O) groups excluding carboxylic acids is 1. The van der Waals surface area contributed by atoms with Gasteiger partial charge in [-0.1, -0.05) is 0 Å². The van der Waals surface area contributed by atoms with Gasteiger partial charge < -0.3 is 20.0 Å². The summed E-state index contributed by atoms with van der Waals surface area (Å²) in [5.74, 6) is -1.05. The maximum Gasteiger partial charge on any atom is 0.323 e. The molecule has 0 aromatic rings. The molecule has 0 fully saturated rings. The predicted octanol–water partition coefficient (Wildman–Crippen LogP) is -0.175. The van der Waals surface area contributed by atoms with Gasteiger partial charge in [0.25, 0.3) is 0 Å². The topological polar surface area (TPSA) is 81.1 Å². The minimum absolute atomic E-state index is 0.189. The number of carboxylic acids is 1. The predicted molar refractivity (Wildman–Crippen MR) is 54.6 cm³/mol. The number of amides is 2. The van der Waals surface area contributed by atoms with E-state index in [1.807, 2.05) is 0 Å². The van der Waals surface area contributed by atoms with Crippen molar-refractivity contribution >= 4 is 12.0 Å². The number of aliphatic hydroxyl groups is 1. The maximum absolute atomic E-state index is 11.6. The van der Waals surface area contributed by atoms with E-state index in [1.165, 1.54) is 16.8 Å². The fourth-order valence-corrected chi connectivity index (χ4v) is 1.19. The van der Waals surface area contributed by atoms with Crippen molar-refractivity contribution in [3.8, 4) is 0 Å². The fourth-order valence-electron chi connectivity index (χ4n) is 1.19. The van der Waals surface area contributed by atoms with E-state index in [-0.39, 0.29) is 19.1 Å². The highest BCUT2D eigenvalue weighted by molar-refractivity contribution is 5.80. The highest BCUT2D eigenvalue weighted by Crippen LogP contribution is 1.98. The Labute approximate surface area is 89.1 Å². The SMILES string of the molecule is CCN(CC(=O)O)C(=O)N(C)CC(C)O. The second kappa shape index (κ2) is 6.23. The summed E-state index contributed by atoms with van der Waals surface area (Å²) >= 11 is 0. The van der Waals surface area contributed by atoms with Crippen molar-refractivity contribution in [3.05, 3.63) is 0 Å². The number of rotatable bonds is 5. The number of aliphatic carboxylic acids is 1. The minimum atomic E-state index is -1.05. The van der Waals surface area contributed by atoms with Crippen LogP contribution in [0.4, 0.5) is 4.79 Å². The fraction of sp³-hybridized carbons (Fsp3) is 0.778. The molecular weight excluding hydrogens is 200 g/mol. The minimum Gasteiger partial charge on any atom is -0.480 e. The lowest BCUT2D eigenvalue weighted by molar-refractivity contribution is -0.137. The normalized spacial score (nSPS) is 12.0. The summed E-state index contributed by atoms with van der Waals surface area (Å²) in [6.07, 6.45) is -0.623. The molecule has 6 nitrogen and oxygen atoms in total. The van der Waals surface area contributed by atoms with E-state index in [0.717, 1.165) is 0 Å². The van der Waals surface area contributed by atoms with Crippen molar-refractivity contribution in [2.24, 2.45) is 0 Å². The van der Waals surface area contributed by atoms with Gasteiger partial charge in [-0.2, -0.15) is 0 Å². The Morgan fingerprint density at radius 3 is 2.27 bits per heavy atom. The van der Waals surface area contributed by atoms with E-state index in [2.05, 4.69) is 0 Å². The molecule has 0 saturated heterocycles. The van der Waals surface area contributed by atoms with Gasteiger partial charge in [-0.25, -0.2) is 4.79 Å². The van der Waals surface area contributed by atoms with Crippen LogP contribution >= 0.6 is 0 Å². The van der Waals surface area contributed by atoms with Crippen LogP contribution in [0.1, 0.15) is 13.8 Å². The van der Waals surface area contributed by atoms with Gasteiger partial charge in [-0.15, -0.1) is 0 Å². The van der Waals surface area contributed by atoms with E-state index < -0.39 is 12.1 Å². The van der Waals surface area contributed by atoms with Crippen LogP contribution in [-0.2, 0) is 4.79 Å². The number of hydrogen-bond acceptors (Lipinski definition) is 3. The van der Waals surface area contributed by atoms with E-state index in [1.54, 1.807) is 13.8 Å². The largest absolute Gasteiger partial charge is 0.480 e. The van der Waals surface area contributed by atoms with Crippen LogP contribution in [-0.4, -0.2) is 64.8 Å². The molecule has 0 aromatic carbocycles. The molecule has 0 aliphatic carbocycles. The van der Waals surface area contributed by atoms with Crippen LogP contribution < -0.4 is 0 Å². The first-order valence-corrected chi connectivity index (χ1v) is 4.78. The Balaban J connectivity index is 4.30. The molecule has 88 valence electrons. The summed E-state index contributed by atoms with van der Waals surface area (Å²) in [4.78, 5) is 24.6. The second-order valence-corrected chi connectivity index (χ2v) is 3.42. The van der Waals surface area contributed by atoms with Crippen LogP contribution in [0.5, 0.6) is 0 Å². The van der Waals surface area contributed by atoms with Crippen molar-refractivity contribution in [2.75, 3.05) is 26.7 Å². The average Bonchev–Trinajstić information content (AvgIpc) is 2.11. The standard InChI is InChI=1S/C9H18N2O4/c1-4-11(6-8(13)14)9(15)10(3)5-7(2)12/h7,12H,4-6H2,1-3H3,(H,13,14). The van der Waals surface area contributed by atoms with Crippen LogP contribution in [0.25, 0.3) is 0 Å². The molecule has 0 heterocycles. The van der Waals surface area contributed by atoms with Crippen molar-refractivity contribution in [3.63, 3.8) is 0 Å². The van der Waals surface area contributed by atoms with Gasteiger partial charge in [0, 0.05) is 20.1 Å². The van der Waals surface area contributed by atoms with E-state index in [0.29, 0.717) is 6.54 Å². The van der Waals surface area contributed by atoms with Gasteiger partial charge in [0.2, 0.25) is 0 Å². The number of nitrogens with zero attached hydrogens (tertiary/aromatic N) is 2. The quantitative estimate of drug-likeness (QED) is 0.671. The van der Waals surface area contributed by atoms with Crippen molar-refractivity contribution in [1.29, 1.82) is 0 Å². The molecule has 2 amide bonds. The van der Waals surface area contributed by atoms with E-state index in [9.17, 15) is 9.59 Å². The van der Waals surface area contributed by atoms with Gasteiger partial charge in [-0.05, 0) is 13.8 Å². The monoisotopic (exact) mass is 218 g/mol. The average molecular weight is 218 g/mol. The zero-order chi connectivity index (χ0) is 12.0. The number of likely N-dealkylation sites (N-methyl/N-ethyl adjacent to an activating group) is 2. The van der Waals surface area contributed by atoms with Crippen LogP contribution in [0.3, 0.4) is 0 Å². The summed E-state index contributed by atoms with van der Waals surface area (Å²) in [6.45, 7) is 3.47. The molecule has 0 aliphatic rings. The molecule has 0 radical (unpaired) electrons. The Bertz CT molecular complexity index is 230. The van der Waals surface area contributed by atoms with Gasteiger partial charge in [-0.3, -0.25) is 4.79 Å². The highest BCUT2D eigenvalue weighted by Gasteiger charge is 2.19. The lowest BCUT2D eigenvalue weighted by Gasteiger charge is -2.26. The molecule has 6 heteroatoms. The molecular formula is C9H18N2O4. The maximum atomic E-state index is 11.6. The number of aliphatic hydroxyl groups excluding tert-OH is 1. The van der Waals surface area contributed by atoms with E-state index >= 15 is 0 Å². The van der Waals surface area contributed by atoms with Crippen molar-refractivity contribution in [2.45, 2.75) is 20.0 Å². The number of carbonyl (C=O) groups is 2. The third kappa shape index (κ3) is 5.21. The molecule has 2 N–H and O–H groups in total. The van der Waals surface area contributed by atoms with Gasteiger partial charge in [0.1, 0.15) is 6.54 Å². The van der Waals surface area contributed by atoms with Crippen LogP contribution in [0, 0.1) is 0 Å². The van der Waals surface area contributed by atoms with E-state index in [4.69, 9.17) is 10.2 Å². The van der Waals surface area contributed by atoms with Crippen LogP contribution in [0.15, 0.2) is 0 Å². The first kappa shape index (κ1) is 13.7. The first-order chi connectivity index (χ1) is 6.88. The van der Waals surface area contributed by atoms with Gasteiger partial charge >= 0.3 is 12.0 Å². The molecule has 15 heavy (non-hydrogen) atoms. The lowest BCUT2D eigenvalue weighted by atomic mass is 10.4. The zero-order valence-electron chi connectivity index (χ0n) is 9.30. The molecule has 0 rings (SSSR count). The zero-order valence-corrected chi connectivity index (χ0v) is 9.30. The molecule has 0 bridgehead atoms. The Morgan fingerprint density at radius 1 is 1.40 bits per heavy atom. The number of carboxylic acid groups (broad SMARTS) is 1. The lowest BCUT2D eigenvalue weighted by Crippen LogP contribution is -2.45. The summed E-state index contributed by atoms with van der Waals surface area (Å²) in [7, 11) is 1.53. The second-order valence-electron chi connectivity index (χ2n) is 3.42. The smallest absolute Gasteiger partial charge is 0.323 e. The Morgan fingerprint density at radius 2 is 1.93 bits per heavy atom. The summed E-state index contributed by atoms with van der Waals surface area (Å²) in [6, 6.07) is -0.388. The third-order valence-electron chi connectivity index (χ3n) is 1.84. The molecule has 1 unspecified atom stereocenters. The van der Waals surface area contributed by atoms with Crippen molar-refractivity contribution < 1.29 is 19.8 Å². The molecule has 0 spiro atoms. The Hall–Kier alpha value is -1.30. The summed E-state index contributed by atoms with van der Waals surface area (Å²) in [5, 5.41) is 17.6. The molecule has 1 atom stereocenters. The van der Waals surface area contributed by atoms with Gasteiger partial charge in [0.05, 0.1) is 6.10 Å². The third-order valence-corrected chi connectivity index (χ3v) is 1.84. The molecule has 0 saturated carbocycles. The van der Waals surface area contributed by atoms with Crippen LogP contribution in [0.2, 0.25) is 0 Å². The van der Waals surface area contributed by atoms with Crippen molar-refractivity contribution in [1.82, 2.24) is 9.80 Å². The molecule has 0 aliphatic heterocycles. The summed E-state index contributed by atoms with van der Waals surface area (Å²) < 4.78 is 0. The Kier molecular flexibility index (Phi) is 5.69. The number of hydrogen-bond donors (Lipinski definition) is 2. The van der Waals surface area contributed by atoms with Gasteiger partial charge in [0.15, 0.2) is 0 Å². The first-order valence-electron chi connectivity index (χ1n) is 4.78.